The molecule has 0 spiro atoms. The molecule has 0 saturated carbocycles. The summed E-state index contributed by atoms with van der Waals surface area (Å²) in [5.41, 5.74) is 7.27. The number of ether oxygens (including phenoxy) is 1. The zero-order valence-corrected chi connectivity index (χ0v) is 14.3. The molecule has 0 aliphatic carbocycles. The predicted octanol–water partition coefficient (Wildman–Crippen LogP) is 3.69. The quantitative estimate of drug-likeness (QED) is 0.785. The molecule has 0 aromatic heterocycles. The van der Waals surface area contributed by atoms with E-state index in [1.165, 1.54) is 0 Å². The van der Waals surface area contributed by atoms with Gasteiger partial charge in [-0.15, -0.1) is 0 Å². The van der Waals surface area contributed by atoms with Crippen molar-refractivity contribution in [1.29, 1.82) is 0 Å². The van der Waals surface area contributed by atoms with Gasteiger partial charge in [-0.1, -0.05) is 28.1 Å². The van der Waals surface area contributed by atoms with Gasteiger partial charge in [0.15, 0.2) is 6.61 Å². The molecule has 0 radical (unpaired) electrons. The average molecular weight is 414 g/mol. The SMILES string of the molecule is NCc1ccc(OCC(=O)Nc2cccc(Br)c2)c(Br)c1. The minimum absolute atomic E-state index is 0.0624. The third-order valence-corrected chi connectivity index (χ3v) is 3.81. The Balaban J connectivity index is 1.92. The van der Waals surface area contributed by atoms with Crippen molar-refractivity contribution in [3.8, 4) is 5.75 Å². The van der Waals surface area contributed by atoms with E-state index in [0.29, 0.717) is 12.3 Å². The Labute approximate surface area is 139 Å². The van der Waals surface area contributed by atoms with Crippen LogP contribution in [0.2, 0.25) is 0 Å². The Morgan fingerprint density at radius 2 is 2.00 bits per heavy atom. The number of anilines is 1. The molecule has 0 atom stereocenters. The van der Waals surface area contributed by atoms with E-state index in [9.17, 15) is 4.79 Å². The van der Waals surface area contributed by atoms with E-state index in [0.717, 1.165) is 20.2 Å². The molecule has 0 aliphatic rings. The first-order chi connectivity index (χ1) is 10.1. The van der Waals surface area contributed by atoms with Crippen LogP contribution in [0.5, 0.6) is 5.75 Å². The maximum atomic E-state index is 11.8. The van der Waals surface area contributed by atoms with Gasteiger partial charge in [0.25, 0.3) is 5.91 Å². The number of carbonyl (C=O) groups excluding carboxylic acids is 1. The van der Waals surface area contributed by atoms with E-state index >= 15 is 0 Å². The van der Waals surface area contributed by atoms with Crippen molar-refractivity contribution < 1.29 is 9.53 Å². The summed E-state index contributed by atoms with van der Waals surface area (Å²) in [6, 6.07) is 12.9. The van der Waals surface area contributed by atoms with Crippen molar-refractivity contribution in [2.24, 2.45) is 5.73 Å². The van der Waals surface area contributed by atoms with Crippen LogP contribution in [0, 0.1) is 0 Å². The average Bonchev–Trinajstić information content (AvgIpc) is 2.46. The molecule has 2 rings (SSSR count). The van der Waals surface area contributed by atoms with E-state index < -0.39 is 0 Å². The molecule has 0 aliphatic heterocycles. The summed E-state index contributed by atoms with van der Waals surface area (Å²) in [5.74, 6) is 0.388. The number of amides is 1. The second kappa shape index (κ2) is 7.59. The van der Waals surface area contributed by atoms with Crippen molar-refractivity contribution in [1.82, 2.24) is 0 Å². The minimum atomic E-state index is -0.220. The summed E-state index contributed by atoms with van der Waals surface area (Å²) in [5, 5.41) is 2.77. The van der Waals surface area contributed by atoms with E-state index in [1.54, 1.807) is 6.07 Å². The number of rotatable bonds is 5. The van der Waals surface area contributed by atoms with Crippen molar-refractivity contribution in [2.45, 2.75) is 6.54 Å². The second-order valence-electron chi connectivity index (χ2n) is 4.32. The van der Waals surface area contributed by atoms with Crippen LogP contribution in [0.1, 0.15) is 5.56 Å². The molecule has 1 amide bonds. The molecule has 2 aromatic rings. The first-order valence-electron chi connectivity index (χ1n) is 6.25. The maximum absolute atomic E-state index is 11.8. The van der Waals surface area contributed by atoms with Gasteiger partial charge in [0, 0.05) is 16.7 Å². The van der Waals surface area contributed by atoms with Gasteiger partial charge in [-0.3, -0.25) is 4.79 Å². The van der Waals surface area contributed by atoms with Gasteiger partial charge < -0.3 is 15.8 Å². The van der Waals surface area contributed by atoms with Crippen molar-refractivity contribution in [3.05, 3.63) is 57.0 Å². The smallest absolute Gasteiger partial charge is 0.262 e. The molecule has 0 saturated heterocycles. The number of benzene rings is 2. The molecule has 0 unspecified atom stereocenters. The van der Waals surface area contributed by atoms with Crippen molar-refractivity contribution in [3.63, 3.8) is 0 Å². The number of hydrogen-bond acceptors (Lipinski definition) is 3. The largest absolute Gasteiger partial charge is 0.483 e. The number of nitrogens with two attached hydrogens (primary N) is 1. The molecular formula is C15H14Br2N2O2. The number of halogens is 2. The zero-order chi connectivity index (χ0) is 15.2. The first-order valence-corrected chi connectivity index (χ1v) is 7.84. The molecule has 2 aromatic carbocycles. The highest BCUT2D eigenvalue weighted by Crippen LogP contribution is 2.26. The summed E-state index contributed by atoms with van der Waals surface area (Å²) in [6.07, 6.45) is 0. The van der Waals surface area contributed by atoms with Crippen molar-refractivity contribution in [2.75, 3.05) is 11.9 Å². The summed E-state index contributed by atoms with van der Waals surface area (Å²) < 4.78 is 7.17. The fourth-order valence-electron chi connectivity index (χ4n) is 1.69. The normalized spacial score (nSPS) is 10.2. The van der Waals surface area contributed by atoms with Gasteiger partial charge >= 0.3 is 0 Å². The zero-order valence-electron chi connectivity index (χ0n) is 11.1. The van der Waals surface area contributed by atoms with Crippen LogP contribution in [-0.4, -0.2) is 12.5 Å². The molecule has 0 fully saturated rings. The Kier molecular flexibility index (Phi) is 5.78. The van der Waals surface area contributed by atoms with Crippen LogP contribution < -0.4 is 15.8 Å². The Hall–Kier alpha value is -1.37. The molecule has 110 valence electrons. The lowest BCUT2D eigenvalue weighted by molar-refractivity contribution is -0.118. The van der Waals surface area contributed by atoms with E-state index in [1.807, 2.05) is 36.4 Å². The van der Waals surface area contributed by atoms with E-state index in [2.05, 4.69) is 37.2 Å². The second-order valence-corrected chi connectivity index (χ2v) is 6.09. The highest BCUT2D eigenvalue weighted by Gasteiger charge is 2.07. The van der Waals surface area contributed by atoms with Crippen LogP contribution >= 0.6 is 31.9 Å². The number of hydrogen-bond donors (Lipinski definition) is 2. The summed E-state index contributed by atoms with van der Waals surface area (Å²) >= 11 is 6.75. The summed E-state index contributed by atoms with van der Waals surface area (Å²) in [7, 11) is 0. The third-order valence-electron chi connectivity index (χ3n) is 2.70. The number of carbonyl (C=O) groups is 1. The molecule has 0 heterocycles. The maximum Gasteiger partial charge on any atom is 0.262 e. The molecule has 4 nitrogen and oxygen atoms in total. The molecule has 0 bridgehead atoms. The van der Waals surface area contributed by atoms with Gasteiger partial charge in [0.1, 0.15) is 5.75 Å². The van der Waals surface area contributed by atoms with Gasteiger partial charge in [-0.05, 0) is 51.8 Å². The van der Waals surface area contributed by atoms with E-state index in [-0.39, 0.29) is 12.5 Å². The van der Waals surface area contributed by atoms with Crippen LogP contribution in [0.25, 0.3) is 0 Å². The summed E-state index contributed by atoms with van der Waals surface area (Å²) in [4.78, 5) is 11.8. The fourth-order valence-corrected chi connectivity index (χ4v) is 2.63. The third kappa shape index (κ3) is 4.84. The highest BCUT2D eigenvalue weighted by atomic mass is 79.9. The van der Waals surface area contributed by atoms with Crippen LogP contribution in [0.15, 0.2) is 51.4 Å². The summed E-state index contributed by atoms with van der Waals surface area (Å²) in [6.45, 7) is 0.398. The van der Waals surface area contributed by atoms with Gasteiger partial charge in [-0.25, -0.2) is 0 Å². The van der Waals surface area contributed by atoms with E-state index in [4.69, 9.17) is 10.5 Å². The van der Waals surface area contributed by atoms with Gasteiger partial charge in [0.2, 0.25) is 0 Å². The lowest BCUT2D eigenvalue weighted by Crippen LogP contribution is -2.20. The lowest BCUT2D eigenvalue weighted by atomic mass is 10.2. The first kappa shape index (κ1) is 16.0. The molecule has 3 N–H and O–H groups in total. The predicted molar refractivity (Wildman–Crippen MR) is 90.3 cm³/mol. The highest BCUT2D eigenvalue weighted by molar-refractivity contribution is 9.10. The standard InChI is InChI=1S/C15H14Br2N2O2/c16-11-2-1-3-12(7-11)19-15(20)9-21-14-5-4-10(8-18)6-13(14)17/h1-7H,8-9,18H2,(H,19,20). The van der Waals surface area contributed by atoms with Crippen molar-refractivity contribution >= 4 is 43.5 Å². The Morgan fingerprint density at radius 1 is 1.19 bits per heavy atom. The van der Waals surface area contributed by atoms with Gasteiger partial charge in [0.05, 0.1) is 4.47 Å². The Bertz CT molecular complexity index is 647. The lowest BCUT2D eigenvalue weighted by Gasteiger charge is -2.10. The molecular weight excluding hydrogens is 400 g/mol. The minimum Gasteiger partial charge on any atom is -0.483 e. The number of nitrogens with one attached hydrogen (secondary N) is 1. The fraction of sp³-hybridized carbons (Fsp3) is 0.133. The van der Waals surface area contributed by atoms with Crippen LogP contribution in [0.4, 0.5) is 5.69 Å². The van der Waals surface area contributed by atoms with Gasteiger partial charge in [-0.2, -0.15) is 0 Å². The molecule has 6 heteroatoms. The van der Waals surface area contributed by atoms with Crippen LogP contribution in [0.3, 0.4) is 0 Å². The molecule has 21 heavy (non-hydrogen) atoms. The van der Waals surface area contributed by atoms with Crippen LogP contribution in [-0.2, 0) is 11.3 Å². The topological polar surface area (TPSA) is 64.3 Å². The monoisotopic (exact) mass is 412 g/mol. The Morgan fingerprint density at radius 3 is 2.67 bits per heavy atom.